The molecule has 2 heteroatoms. The van der Waals surface area contributed by atoms with Gasteiger partial charge in [-0.3, -0.25) is 0 Å². The fourth-order valence-corrected chi connectivity index (χ4v) is 9.44. The minimum atomic E-state index is -0.154. The van der Waals surface area contributed by atoms with Gasteiger partial charge in [-0.05, 0) is 143 Å². The van der Waals surface area contributed by atoms with Crippen molar-refractivity contribution < 1.29 is 0 Å². The van der Waals surface area contributed by atoms with Gasteiger partial charge in [-0.15, -0.1) is 0 Å². The number of aryl methyl sites for hydroxylation is 1. The number of nitrogens with zero attached hydrogens (tertiary/aromatic N) is 2. The van der Waals surface area contributed by atoms with Gasteiger partial charge in [-0.1, -0.05) is 112 Å². The van der Waals surface area contributed by atoms with Crippen molar-refractivity contribution in [2.45, 2.75) is 64.8 Å². The van der Waals surface area contributed by atoms with Gasteiger partial charge in [-0.25, -0.2) is 0 Å². The van der Waals surface area contributed by atoms with Gasteiger partial charge in [-0.2, -0.15) is 0 Å². The molecule has 0 N–H and O–H groups in total. The Labute approximate surface area is 309 Å². The lowest BCUT2D eigenvalue weighted by atomic mass is 9.77. The zero-order valence-corrected chi connectivity index (χ0v) is 31.1. The lowest BCUT2D eigenvalue weighted by Crippen LogP contribution is -2.33. The number of hydrogen-bond donors (Lipinski definition) is 0. The molecule has 2 nitrogen and oxygen atoms in total. The van der Waals surface area contributed by atoms with E-state index >= 15 is 0 Å². The Morgan fingerprint density at radius 3 is 1.52 bits per heavy atom. The minimum Gasteiger partial charge on any atom is -0.334 e. The van der Waals surface area contributed by atoms with Gasteiger partial charge in [0.15, 0.2) is 0 Å². The number of anilines is 5. The minimum absolute atomic E-state index is 0.128. The van der Waals surface area contributed by atoms with Crippen LogP contribution in [0.25, 0.3) is 16.7 Å². The summed E-state index contributed by atoms with van der Waals surface area (Å²) in [7, 11) is 0. The van der Waals surface area contributed by atoms with E-state index in [1.165, 1.54) is 72.7 Å². The highest BCUT2D eigenvalue weighted by Crippen LogP contribution is 2.59. The summed E-state index contributed by atoms with van der Waals surface area (Å²) in [6, 6.07) is 53.5. The van der Waals surface area contributed by atoms with Crippen LogP contribution in [-0.4, -0.2) is 6.04 Å². The largest absolute Gasteiger partial charge is 0.334 e. The third-order valence-electron chi connectivity index (χ3n) is 12.0. The van der Waals surface area contributed by atoms with E-state index in [0.29, 0.717) is 0 Å². The molecule has 1 atom stereocenters. The Kier molecular flexibility index (Phi) is 7.45. The Morgan fingerprint density at radius 2 is 0.981 bits per heavy atom. The average molecular weight is 675 g/mol. The third kappa shape index (κ3) is 4.92. The van der Waals surface area contributed by atoms with E-state index in [4.69, 9.17) is 0 Å². The van der Waals surface area contributed by atoms with Crippen molar-refractivity contribution in [2.75, 3.05) is 9.80 Å². The van der Waals surface area contributed by atoms with Crippen molar-refractivity contribution >= 4 is 34.0 Å². The van der Waals surface area contributed by atoms with Gasteiger partial charge in [0.1, 0.15) is 0 Å². The van der Waals surface area contributed by atoms with Crippen LogP contribution in [0, 0.1) is 6.92 Å². The highest BCUT2D eigenvalue weighted by Gasteiger charge is 2.46. The van der Waals surface area contributed by atoms with Gasteiger partial charge in [0.05, 0.1) is 6.04 Å². The van der Waals surface area contributed by atoms with E-state index in [1.54, 1.807) is 0 Å². The maximum absolute atomic E-state index is 2.59. The second-order valence-electron chi connectivity index (χ2n) is 15.9. The molecular weight excluding hydrogens is 629 g/mol. The summed E-state index contributed by atoms with van der Waals surface area (Å²) < 4.78 is 0. The van der Waals surface area contributed by atoms with E-state index < -0.39 is 0 Å². The topological polar surface area (TPSA) is 6.48 Å². The number of allylic oxidation sites excluding steroid dienone is 2. The molecule has 0 spiro atoms. The maximum atomic E-state index is 2.59. The second-order valence-corrected chi connectivity index (χ2v) is 15.9. The number of fused-ring (bicyclic) bond motifs is 6. The van der Waals surface area contributed by atoms with Crippen LogP contribution in [-0.2, 0) is 10.8 Å². The van der Waals surface area contributed by atoms with E-state index in [1.807, 2.05) is 0 Å². The highest BCUT2D eigenvalue weighted by molar-refractivity contribution is 5.97. The number of para-hydroxylation sites is 4. The summed E-state index contributed by atoms with van der Waals surface area (Å²) in [5, 5.41) is 0. The predicted octanol–water partition coefficient (Wildman–Crippen LogP) is 13.4. The molecule has 0 fully saturated rings. The van der Waals surface area contributed by atoms with Crippen LogP contribution in [0.2, 0.25) is 0 Å². The van der Waals surface area contributed by atoms with Crippen LogP contribution in [0.4, 0.5) is 28.4 Å². The molecule has 1 unspecified atom stereocenters. The first-order chi connectivity index (χ1) is 25.1. The normalized spacial score (nSPS) is 17.5. The molecule has 3 aliphatic rings. The molecule has 0 saturated carbocycles. The molecule has 0 heterocycles. The van der Waals surface area contributed by atoms with Gasteiger partial charge < -0.3 is 9.80 Å². The molecule has 0 amide bonds. The van der Waals surface area contributed by atoms with Crippen molar-refractivity contribution in [1.82, 2.24) is 0 Å². The van der Waals surface area contributed by atoms with Gasteiger partial charge in [0, 0.05) is 39.3 Å². The van der Waals surface area contributed by atoms with E-state index in [2.05, 4.69) is 203 Å². The lowest BCUT2D eigenvalue weighted by molar-refractivity contribution is 0.638. The monoisotopic (exact) mass is 674 g/mol. The van der Waals surface area contributed by atoms with E-state index in [0.717, 1.165) is 17.8 Å². The van der Waals surface area contributed by atoms with Crippen LogP contribution in [0.3, 0.4) is 0 Å². The zero-order valence-electron chi connectivity index (χ0n) is 31.1. The van der Waals surface area contributed by atoms with Crippen molar-refractivity contribution in [3.8, 4) is 11.1 Å². The van der Waals surface area contributed by atoms with Crippen molar-refractivity contribution in [2.24, 2.45) is 0 Å². The van der Waals surface area contributed by atoms with E-state index in [-0.39, 0.29) is 16.9 Å². The summed E-state index contributed by atoms with van der Waals surface area (Å²) in [4.78, 5) is 4.92. The van der Waals surface area contributed by atoms with Crippen molar-refractivity contribution in [3.05, 3.63) is 191 Å². The summed E-state index contributed by atoms with van der Waals surface area (Å²) in [5.41, 5.74) is 19.9. The smallest absolute Gasteiger partial charge is 0.0565 e. The molecule has 52 heavy (non-hydrogen) atoms. The first kappa shape index (κ1) is 32.3. The summed E-state index contributed by atoms with van der Waals surface area (Å²) in [6.07, 6.45) is 3.57. The molecule has 256 valence electrons. The van der Waals surface area contributed by atoms with Gasteiger partial charge in [0.2, 0.25) is 0 Å². The number of benzene rings is 6. The van der Waals surface area contributed by atoms with Crippen molar-refractivity contribution in [3.63, 3.8) is 0 Å². The van der Waals surface area contributed by atoms with Crippen LogP contribution in [0.5, 0.6) is 0 Å². The standard InChI is InChI=1S/C50H46N2/c1-33-27-39(51(35-19-11-7-12-20-35)36-21-13-8-14-22-36)29-45-47(33)41-31-44-42(32-43(41)49(45,3)4)48-34(2)28-40(30-46(48)50(44,5)6)52(37-23-15-9-16-24-37)38-25-17-10-18-26-38/h7-27,29-32,40H,28H2,1-6H3. The molecule has 3 aliphatic carbocycles. The first-order valence-corrected chi connectivity index (χ1v) is 18.7. The van der Waals surface area contributed by atoms with Crippen molar-refractivity contribution in [1.29, 1.82) is 0 Å². The molecule has 9 rings (SSSR count). The van der Waals surface area contributed by atoms with Crippen LogP contribution in [0.15, 0.2) is 163 Å². The third-order valence-corrected chi connectivity index (χ3v) is 12.0. The Hall–Kier alpha value is -5.60. The number of hydrogen-bond acceptors (Lipinski definition) is 2. The lowest BCUT2D eigenvalue weighted by Gasteiger charge is -2.37. The molecular formula is C50H46N2. The summed E-state index contributed by atoms with van der Waals surface area (Å²) in [6.45, 7) is 14.4. The number of rotatable bonds is 6. The molecule has 0 bridgehead atoms. The zero-order chi connectivity index (χ0) is 35.8. The van der Waals surface area contributed by atoms with Gasteiger partial charge >= 0.3 is 0 Å². The maximum Gasteiger partial charge on any atom is 0.0565 e. The summed E-state index contributed by atoms with van der Waals surface area (Å²) >= 11 is 0. The fourth-order valence-electron chi connectivity index (χ4n) is 9.44. The van der Waals surface area contributed by atoms with Crippen LogP contribution < -0.4 is 9.80 Å². The fraction of sp³-hybridized carbons (Fsp3) is 0.200. The van der Waals surface area contributed by atoms with E-state index in [9.17, 15) is 0 Å². The summed E-state index contributed by atoms with van der Waals surface area (Å²) in [5.74, 6) is 0. The molecule has 6 aromatic rings. The highest BCUT2D eigenvalue weighted by atomic mass is 15.2. The molecule has 0 saturated heterocycles. The molecule has 0 aromatic heterocycles. The Balaban J connectivity index is 1.17. The molecule has 6 aromatic carbocycles. The quantitative estimate of drug-likeness (QED) is 0.173. The predicted molar refractivity (Wildman–Crippen MR) is 221 cm³/mol. The Bertz CT molecular complexity index is 2300. The second kappa shape index (κ2) is 12.0. The average Bonchev–Trinajstić information content (AvgIpc) is 3.52. The molecule has 0 radical (unpaired) electrons. The first-order valence-electron chi connectivity index (χ1n) is 18.7. The van der Waals surface area contributed by atoms with Gasteiger partial charge in [0.25, 0.3) is 0 Å². The van der Waals surface area contributed by atoms with Crippen LogP contribution >= 0.6 is 0 Å². The Morgan fingerprint density at radius 1 is 0.500 bits per heavy atom. The molecule has 0 aliphatic heterocycles. The SMILES string of the molecule is CC1=C2C(=CC(N(c3ccccc3)c3ccccc3)C1)C(C)(C)c1cc3c(cc12)C(C)(C)c1cc(N(c2ccccc2)c2ccccc2)cc(C)c1-3. The van der Waals surface area contributed by atoms with Crippen LogP contribution in [0.1, 0.15) is 68.9 Å².